The van der Waals surface area contributed by atoms with Gasteiger partial charge in [0.1, 0.15) is 11.8 Å². The third-order valence-electron chi connectivity index (χ3n) is 8.38. The minimum Gasteiger partial charge on any atom is -0.497 e. The van der Waals surface area contributed by atoms with Crippen LogP contribution in [0.3, 0.4) is 0 Å². The third kappa shape index (κ3) is 4.13. The van der Waals surface area contributed by atoms with Crippen LogP contribution in [0, 0.1) is 5.41 Å². The van der Waals surface area contributed by atoms with Gasteiger partial charge < -0.3 is 14.5 Å². The van der Waals surface area contributed by atoms with E-state index in [4.69, 9.17) is 4.74 Å². The lowest BCUT2D eigenvalue weighted by Gasteiger charge is -2.55. The second-order valence-corrected chi connectivity index (χ2v) is 10.7. The predicted molar refractivity (Wildman–Crippen MR) is 135 cm³/mol. The Morgan fingerprint density at radius 3 is 2.61 bits per heavy atom. The Bertz CT molecular complexity index is 1210. The Morgan fingerprint density at radius 2 is 1.86 bits per heavy atom. The lowest BCUT2D eigenvalue weighted by atomic mass is 9.71. The number of methoxy groups -OCH3 is 1. The molecule has 0 radical (unpaired) electrons. The summed E-state index contributed by atoms with van der Waals surface area (Å²) in [5.41, 5.74) is 4.45. The topological polar surface area (TPSA) is 82.2 Å². The smallest absolute Gasteiger partial charge is 0.255 e. The number of rotatable bonds is 5. The first-order chi connectivity index (χ1) is 17.4. The lowest BCUT2D eigenvalue weighted by Crippen LogP contribution is -2.60. The van der Waals surface area contributed by atoms with Crippen molar-refractivity contribution in [2.45, 2.75) is 44.8 Å². The summed E-state index contributed by atoms with van der Waals surface area (Å²) in [5.74, 6) is 0.164. The summed E-state index contributed by atoms with van der Waals surface area (Å²) in [6.07, 6.45) is 3.05. The van der Waals surface area contributed by atoms with Crippen molar-refractivity contribution in [1.29, 1.82) is 0 Å². The van der Waals surface area contributed by atoms with Crippen molar-refractivity contribution in [3.05, 3.63) is 59.2 Å². The number of likely N-dealkylation sites (tertiary alicyclic amines) is 1. The number of ether oxygens (including phenoxy) is 1. The number of carbonyl (C=O) groups is 3. The second kappa shape index (κ2) is 8.92. The van der Waals surface area contributed by atoms with Crippen LogP contribution in [0.4, 0.5) is 5.69 Å². The number of hydrogen-bond acceptors (Lipinski definition) is 6. The van der Waals surface area contributed by atoms with Gasteiger partial charge in [-0.05, 0) is 73.8 Å². The zero-order valence-electron chi connectivity index (χ0n) is 20.7. The van der Waals surface area contributed by atoms with Crippen molar-refractivity contribution < 1.29 is 19.1 Å². The minimum atomic E-state index is -0.569. The highest BCUT2D eigenvalue weighted by Crippen LogP contribution is 2.43. The largest absolute Gasteiger partial charge is 0.497 e. The van der Waals surface area contributed by atoms with Crippen LogP contribution in [0.1, 0.15) is 47.2 Å². The van der Waals surface area contributed by atoms with E-state index >= 15 is 0 Å². The molecule has 3 amide bonds. The summed E-state index contributed by atoms with van der Waals surface area (Å²) < 4.78 is 5.36. The molecule has 0 aromatic heterocycles. The Hall–Kier alpha value is -3.39. The number of anilines is 1. The maximum absolute atomic E-state index is 13.0. The molecule has 36 heavy (non-hydrogen) atoms. The van der Waals surface area contributed by atoms with Gasteiger partial charge in [-0.25, -0.2) is 0 Å². The molecular formula is C28H32N4O4. The molecule has 6 rings (SSSR count). The third-order valence-corrected chi connectivity index (χ3v) is 8.38. The summed E-state index contributed by atoms with van der Waals surface area (Å²) in [4.78, 5) is 43.3. The first-order valence-electron chi connectivity index (χ1n) is 12.8. The fourth-order valence-corrected chi connectivity index (χ4v) is 6.23. The highest BCUT2D eigenvalue weighted by Gasteiger charge is 2.45. The van der Waals surface area contributed by atoms with Gasteiger partial charge in [0.2, 0.25) is 11.8 Å². The second-order valence-electron chi connectivity index (χ2n) is 10.7. The van der Waals surface area contributed by atoms with Crippen LogP contribution in [-0.2, 0) is 22.7 Å². The molecule has 1 N–H and O–H groups in total. The number of carbonyl (C=O) groups excluding carboxylic acids is 3. The Balaban J connectivity index is 1.05. The molecule has 1 atom stereocenters. The van der Waals surface area contributed by atoms with Gasteiger partial charge in [0, 0.05) is 49.3 Å². The maximum Gasteiger partial charge on any atom is 0.255 e. The lowest BCUT2D eigenvalue weighted by molar-refractivity contribution is -0.136. The molecule has 2 aromatic rings. The van der Waals surface area contributed by atoms with Crippen LogP contribution in [0.2, 0.25) is 0 Å². The zero-order chi connectivity index (χ0) is 24.9. The number of amides is 3. The summed E-state index contributed by atoms with van der Waals surface area (Å²) in [7, 11) is 1.71. The van der Waals surface area contributed by atoms with E-state index in [1.165, 1.54) is 18.4 Å². The molecule has 0 saturated carbocycles. The van der Waals surface area contributed by atoms with Crippen molar-refractivity contribution in [2.24, 2.45) is 5.41 Å². The molecular weight excluding hydrogens is 456 g/mol. The summed E-state index contributed by atoms with van der Waals surface area (Å²) >= 11 is 0. The van der Waals surface area contributed by atoms with Crippen LogP contribution in [-0.4, -0.2) is 66.9 Å². The van der Waals surface area contributed by atoms with Crippen LogP contribution in [0.5, 0.6) is 5.75 Å². The van der Waals surface area contributed by atoms with E-state index in [0.717, 1.165) is 49.7 Å². The number of piperidine rings is 2. The van der Waals surface area contributed by atoms with Crippen molar-refractivity contribution in [2.75, 3.05) is 38.2 Å². The van der Waals surface area contributed by atoms with Gasteiger partial charge in [-0.3, -0.25) is 24.6 Å². The highest BCUT2D eigenvalue weighted by atomic mass is 16.5. The fraction of sp³-hybridized carbons (Fsp3) is 0.464. The minimum absolute atomic E-state index is 0.116. The van der Waals surface area contributed by atoms with Crippen LogP contribution in [0.25, 0.3) is 0 Å². The highest BCUT2D eigenvalue weighted by molar-refractivity contribution is 6.05. The van der Waals surface area contributed by atoms with Gasteiger partial charge in [-0.2, -0.15) is 0 Å². The molecule has 8 heteroatoms. The Morgan fingerprint density at radius 1 is 1.06 bits per heavy atom. The van der Waals surface area contributed by atoms with E-state index in [2.05, 4.69) is 39.4 Å². The molecule has 8 nitrogen and oxygen atoms in total. The molecule has 0 aliphatic carbocycles. The number of hydrogen-bond donors (Lipinski definition) is 1. The predicted octanol–water partition coefficient (Wildman–Crippen LogP) is 2.56. The van der Waals surface area contributed by atoms with Crippen molar-refractivity contribution in [1.82, 2.24) is 15.1 Å². The molecule has 4 heterocycles. The van der Waals surface area contributed by atoms with Gasteiger partial charge in [-0.15, -0.1) is 0 Å². The summed E-state index contributed by atoms with van der Waals surface area (Å²) in [6.45, 7) is 5.68. The molecule has 1 unspecified atom stereocenters. The van der Waals surface area contributed by atoms with Crippen molar-refractivity contribution >= 4 is 23.4 Å². The number of nitrogens with one attached hydrogen (secondary N) is 1. The molecule has 0 bridgehead atoms. The van der Waals surface area contributed by atoms with Gasteiger partial charge in [-0.1, -0.05) is 12.1 Å². The summed E-state index contributed by atoms with van der Waals surface area (Å²) in [5, 5.41) is 2.37. The van der Waals surface area contributed by atoms with Crippen molar-refractivity contribution in [3.63, 3.8) is 0 Å². The van der Waals surface area contributed by atoms with Gasteiger partial charge >= 0.3 is 0 Å². The Labute approximate surface area is 211 Å². The SMILES string of the molecule is COc1cccc(CN2CCC3(CC2)CN(c2ccc4c(c2)CN(C2CCC(=O)NC2=O)C4=O)C3)c1. The fourth-order valence-electron chi connectivity index (χ4n) is 6.23. The number of nitrogens with zero attached hydrogens (tertiary/aromatic N) is 3. The van der Waals surface area contributed by atoms with E-state index in [-0.39, 0.29) is 24.1 Å². The van der Waals surface area contributed by atoms with Gasteiger partial charge in [0.05, 0.1) is 7.11 Å². The average Bonchev–Trinajstić information content (AvgIpc) is 3.18. The molecule has 3 fully saturated rings. The monoisotopic (exact) mass is 488 g/mol. The van der Waals surface area contributed by atoms with E-state index in [9.17, 15) is 14.4 Å². The maximum atomic E-state index is 13.0. The van der Waals surface area contributed by atoms with Crippen LogP contribution >= 0.6 is 0 Å². The molecule has 188 valence electrons. The van der Waals surface area contributed by atoms with Crippen LogP contribution < -0.4 is 15.0 Å². The van der Waals surface area contributed by atoms with Crippen molar-refractivity contribution in [3.8, 4) is 5.75 Å². The standard InChI is InChI=1S/C28H32N4O4/c1-36-22-4-2-3-19(13-22)15-30-11-9-28(10-12-30)17-31(18-28)21-5-6-23-20(14-21)16-32(27(23)35)24-7-8-25(33)29-26(24)34/h2-6,13-14,24H,7-12,15-18H2,1H3,(H,29,33,34). The Kier molecular flexibility index (Phi) is 5.71. The van der Waals surface area contributed by atoms with E-state index < -0.39 is 6.04 Å². The first-order valence-corrected chi connectivity index (χ1v) is 12.8. The van der Waals surface area contributed by atoms with E-state index in [1.54, 1.807) is 12.0 Å². The molecule has 2 aromatic carbocycles. The normalized spacial score (nSPS) is 23.5. The molecule has 4 aliphatic heterocycles. The van der Waals surface area contributed by atoms with E-state index in [1.807, 2.05) is 18.2 Å². The number of imide groups is 1. The summed E-state index contributed by atoms with van der Waals surface area (Å²) in [6, 6.07) is 13.8. The van der Waals surface area contributed by atoms with Gasteiger partial charge in [0.25, 0.3) is 5.91 Å². The number of fused-ring (bicyclic) bond motifs is 1. The number of benzene rings is 2. The first kappa shape index (κ1) is 23.0. The quantitative estimate of drug-likeness (QED) is 0.652. The zero-order valence-corrected chi connectivity index (χ0v) is 20.7. The molecule has 1 spiro atoms. The molecule has 3 saturated heterocycles. The molecule has 4 aliphatic rings. The van der Waals surface area contributed by atoms with Gasteiger partial charge in [0.15, 0.2) is 0 Å². The van der Waals surface area contributed by atoms with E-state index in [0.29, 0.717) is 23.9 Å². The average molecular weight is 489 g/mol. The van der Waals surface area contributed by atoms with Crippen LogP contribution in [0.15, 0.2) is 42.5 Å².